The molecule has 0 saturated carbocycles. The maximum atomic E-state index is 12.5. The van der Waals surface area contributed by atoms with E-state index >= 15 is 0 Å². The third-order valence-corrected chi connectivity index (χ3v) is 7.25. The van der Waals surface area contributed by atoms with Gasteiger partial charge in [0.25, 0.3) is 0 Å². The lowest BCUT2D eigenvalue weighted by atomic mass is 9.87. The van der Waals surface area contributed by atoms with E-state index in [2.05, 4.69) is 69.7 Å². The van der Waals surface area contributed by atoms with Crippen LogP contribution in [0.4, 0.5) is 5.69 Å². The molecule has 0 saturated heterocycles. The van der Waals surface area contributed by atoms with Crippen molar-refractivity contribution in [3.8, 4) is 11.3 Å². The van der Waals surface area contributed by atoms with Crippen molar-refractivity contribution < 1.29 is 5.11 Å². The Morgan fingerprint density at radius 1 is 0.838 bits per heavy atom. The molecular formula is C31H29BrN4O. The number of halogens is 1. The molecule has 1 atom stereocenters. The van der Waals surface area contributed by atoms with E-state index in [-0.39, 0.29) is 6.54 Å². The van der Waals surface area contributed by atoms with Crippen LogP contribution in [-0.2, 0) is 12.1 Å². The average molecular weight is 554 g/mol. The topological polar surface area (TPSA) is 63.0 Å². The molecule has 1 unspecified atom stereocenters. The molecule has 0 aliphatic rings. The SMILES string of the molecule is Cc1ccc(NCC(O)(c2ccc(Br)cc2)c2nnn(Cc3ccccc3)c2-c2ccccc2)cc1C. The maximum Gasteiger partial charge on any atom is 0.153 e. The van der Waals surface area contributed by atoms with Crippen molar-refractivity contribution in [1.82, 2.24) is 15.0 Å². The zero-order valence-electron chi connectivity index (χ0n) is 20.9. The average Bonchev–Trinajstić information content (AvgIpc) is 3.34. The number of aryl methyl sites for hydroxylation is 2. The van der Waals surface area contributed by atoms with E-state index in [1.807, 2.05) is 83.5 Å². The van der Waals surface area contributed by atoms with Crippen LogP contribution in [0.25, 0.3) is 11.3 Å². The van der Waals surface area contributed by atoms with Crippen LogP contribution in [0, 0.1) is 13.8 Å². The Morgan fingerprint density at radius 3 is 2.19 bits per heavy atom. The second-order valence-corrected chi connectivity index (χ2v) is 10.2. The Morgan fingerprint density at radius 2 is 1.51 bits per heavy atom. The molecule has 0 radical (unpaired) electrons. The van der Waals surface area contributed by atoms with Gasteiger partial charge < -0.3 is 10.4 Å². The number of aromatic nitrogens is 3. The predicted octanol–water partition coefficient (Wildman–Crippen LogP) is 6.72. The minimum atomic E-state index is -1.44. The van der Waals surface area contributed by atoms with Crippen LogP contribution in [0.2, 0.25) is 0 Å². The lowest BCUT2D eigenvalue weighted by Crippen LogP contribution is -2.36. The van der Waals surface area contributed by atoms with Crippen molar-refractivity contribution in [2.75, 3.05) is 11.9 Å². The van der Waals surface area contributed by atoms with Crippen molar-refractivity contribution in [3.63, 3.8) is 0 Å². The van der Waals surface area contributed by atoms with E-state index < -0.39 is 5.60 Å². The number of aliphatic hydroxyl groups is 1. The highest BCUT2D eigenvalue weighted by Crippen LogP contribution is 2.36. The fraction of sp³-hybridized carbons (Fsp3) is 0.161. The van der Waals surface area contributed by atoms with Gasteiger partial charge in [-0.05, 0) is 60.4 Å². The molecule has 1 heterocycles. The van der Waals surface area contributed by atoms with Crippen LogP contribution >= 0.6 is 15.9 Å². The maximum absolute atomic E-state index is 12.5. The molecule has 1 aromatic heterocycles. The van der Waals surface area contributed by atoms with Crippen LogP contribution in [0.3, 0.4) is 0 Å². The van der Waals surface area contributed by atoms with Crippen molar-refractivity contribution in [2.24, 2.45) is 0 Å². The van der Waals surface area contributed by atoms with Gasteiger partial charge >= 0.3 is 0 Å². The van der Waals surface area contributed by atoms with Crippen LogP contribution in [-0.4, -0.2) is 26.6 Å². The Balaban J connectivity index is 1.63. The molecule has 6 heteroatoms. The summed E-state index contributed by atoms with van der Waals surface area (Å²) in [4.78, 5) is 0. The quantitative estimate of drug-likeness (QED) is 0.224. The highest BCUT2D eigenvalue weighted by Gasteiger charge is 2.38. The van der Waals surface area contributed by atoms with Gasteiger partial charge in [-0.2, -0.15) is 0 Å². The standard InChI is InChI=1S/C31H29BrN4O/c1-22-13-18-28(19-23(22)2)33-21-31(37,26-14-16-27(32)17-15-26)30-29(25-11-7-4-8-12-25)36(35-34-30)20-24-9-5-3-6-10-24/h3-19,33,37H,20-21H2,1-2H3. The molecule has 5 rings (SSSR count). The van der Waals surface area contributed by atoms with Gasteiger partial charge in [-0.15, -0.1) is 5.10 Å². The Kier molecular flexibility index (Phi) is 7.22. The molecule has 0 spiro atoms. The first-order valence-corrected chi connectivity index (χ1v) is 13.1. The normalized spacial score (nSPS) is 12.8. The number of rotatable bonds is 8. The van der Waals surface area contributed by atoms with Crippen molar-refractivity contribution >= 4 is 21.6 Å². The van der Waals surface area contributed by atoms with Crippen molar-refractivity contribution in [3.05, 3.63) is 136 Å². The minimum absolute atomic E-state index is 0.223. The molecule has 2 N–H and O–H groups in total. The third-order valence-electron chi connectivity index (χ3n) is 6.73. The zero-order valence-corrected chi connectivity index (χ0v) is 22.5. The monoisotopic (exact) mass is 552 g/mol. The number of benzene rings is 4. The van der Waals surface area contributed by atoms with Gasteiger partial charge in [0.1, 0.15) is 5.69 Å². The molecular weight excluding hydrogens is 524 g/mol. The number of nitrogens with one attached hydrogen (secondary N) is 1. The molecule has 0 fully saturated rings. The van der Waals surface area contributed by atoms with Gasteiger partial charge in [-0.25, -0.2) is 4.68 Å². The molecule has 186 valence electrons. The number of hydrogen-bond acceptors (Lipinski definition) is 4. The zero-order chi connectivity index (χ0) is 25.8. The van der Waals surface area contributed by atoms with E-state index in [9.17, 15) is 5.11 Å². The summed E-state index contributed by atoms with van der Waals surface area (Å²) in [7, 11) is 0. The van der Waals surface area contributed by atoms with Gasteiger partial charge in [0.05, 0.1) is 18.8 Å². The van der Waals surface area contributed by atoms with Crippen molar-refractivity contribution in [1.29, 1.82) is 0 Å². The second kappa shape index (κ2) is 10.7. The first-order chi connectivity index (χ1) is 17.9. The molecule has 5 aromatic rings. The van der Waals surface area contributed by atoms with Gasteiger partial charge in [-0.3, -0.25) is 0 Å². The number of nitrogens with zero attached hydrogens (tertiary/aromatic N) is 3. The number of anilines is 1. The van der Waals surface area contributed by atoms with E-state index in [0.717, 1.165) is 32.5 Å². The molecule has 4 aromatic carbocycles. The summed E-state index contributed by atoms with van der Waals surface area (Å²) in [6.07, 6.45) is 0. The van der Waals surface area contributed by atoms with Crippen LogP contribution in [0.1, 0.15) is 27.9 Å². The highest BCUT2D eigenvalue weighted by atomic mass is 79.9. The van der Waals surface area contributed by atoms with Gasteiger partial charge in [0.2, 0.25) is 0 Å². The summed E-state index contributed by atoms with van der Waals surface area (Å²) in [6, 6.07) is 34.1. The van der Waals surface area contributed by atoms with Gasteiger partial charge in [0.15, 0.2) is 5.60 Å². The molecule has 0 aliphatic heterocycles. The molecule has 0 amide bonds. The molecule has 0 bridgehead atoms. The first-order valence-electron chi connectivity index (χ1n) is 12.3. The predicted molar refractivity (Wildman–Crippen MR) is 153 cm³/mol. The Labute approximate surface area is 225 Å². The van der Waals surface area contributed by atoms with E-state index in [4.69, 9.17) is 0 Å². The second-order valence-electron chi connectivity index (χ2n) is 9.32. The summed E-state index contributed by atoms with van der Waals surface area (Å²) in [6.45, 7) is 4.94. The lowest BCUT2D eigenvalue weighted by molar-refractivity contribution is 0.0907. The summed E-state index contributed by atoms with van der Waals surface area (Å²) in [5.74, 6) is 0. The third kappa shape index (κ3) is 5.36. The van der Waals surface area contributed by atoms with Gasteiger partial charge in [0, 0.05) is 15.7 Å². The van der Waals surface area contributed by atoms with E-state index in [1.165, 1.54) is 11.1 Å². The number of hydrogen-bond donors (Lipinski definition) is 2. The highest BCUT2D eigenvalue weighted by molar-refractivity contribution is 9.10. The van der Waals surface area contributed by atoms with Crippen molar-refractivity contribution in [2.45, 2.75) is 26.0 Å². The fourth-order valence-corrected chi connectivity index (χ4v) is 4.73. The van der Waals surface area contributed by atoms with Crippen LogP contribution < -0.4 is 5.32 Å². The van der Waals surface area contributed by atoms with E-state index in [0.29, 0.717) is 12.2 Å². The summed E-state index contributed by atoms with van der Waals surface area (Å²) in [5.41, 5.74) is 5.99. The minimum Gasteiger partial charge on any atom is -0.381 e. The van der Waals surface area contributed by atoms with Crippen LogP contribution in [0.15, 0.2) is 108 Å². The van der Waals surface area contributed by atoms with Gasteiger partial charge in [-0.1, -0.05) is 100 Å². The van der Waals surface area contributed by atoms with Crippen LogP contribution in [0.5, 0.6) is 0 Å². The smallest absolute Gasteiger partial charge is 0.153 e. The molecule has 5 nitrogen and oxygen atoms in total. The summed E-state index contributed by atoms with van der Waals surface area (Å²) >= 11 is 3.52. The largest absolute Gasteiger partial charge is 0.381 e. The van der Waals surface area contributed by atoms with E-state index in [1.54, 1.807) is 0 Å². The summed E-state index contributed by atoms with van der Waals surface area (Å²) < 4.78 is 2.82. The first kappa shape index (κ1) is 24.9. The Hall–Kier alpha value is -3.74. The lowest BCUT2D eigenvalue weighted by Gasteiger charge is -2.29. The Bertz CT molecular complexity index is 1480. The molecule has 0 aliphatic carbocycles. The fourth-order valence-electron chi connectivity index (χ4n) is 4.47. The summed E-state index contributed by atoms with van der Waals surface area (Å²) in [5, 5.41) is 25.1. The molecule has 37 heavy (non-hydrogen) atoms.